The zero-order chi connectivity index (χ0) is 20.1. The molecule has 3 aromatic rings. The van der Waals surface area contributed by atoms with Crippen LogP contribution in [-0.4, -0.2) is 56.9 Å². The highest BCUT2D eigenvalue weighted by atomic mass is 16.6. The van der Waals surface area contributed by atoms with Gasteiger partial charge in [0.2, 0.25) is 5.95 Å². The minimum atomic E-state index is -0.251. The summed E-state index contributed by atoms with van der Waals surface area (Å²) in [4.78, 5) is 22.5. The summed E-state index contributed by atoms with van der Waals surface area (Å²) in [5.74, 6) is 1.04. The third-order valence-corrected chi connectivity index (χ3v) is 4.81. The lowest BCUT2D eigenvalue weighted by molar-refractivity contribution is 0.0983. The van der Waals surface area contributed by atoms with Gasteiger partial charge in [0.05, 0.1) is 24.0 Å². The summed E-state index contributed by atoms with van der Waals surface area (Å²) in [7, 11) is 0. The average molecular weight is 393 g/mol. The van der Waals surface area contributed by atoms with Gasteiger partial charge in [0.15, 0.2) is 5.82 Å². The van der Waals surface area contributed by atoms with Crippen LogP contribution in [0.1, 0.15) is 19.8 Å². The molecule has 0 atom stereocenters. The number of benzene rings is 1. The van der Waals surface area contributed by atoms with Gasteiger partial charge >= 0.3 is 6.09 Å². The van der Waals surface area contributed by atoms with Gasteiger partial charge < -0.3 is 20.3 Å². The highest BCUT2D eigenvalue weighted by Gasteiger charge is 2.24. The first-order valence-electron chi connectivity index (χ1n) is 9.71. The number of carbonyl (C=O) groups is 1. The number of likely N-dealkylation sites (tertiary alicyclic amines) is 1. The molecule has 0 aliphatic carbocycles. The number of fused-ring (bicyclic) bond motifs is 1. The fourth-order valence-electron chi connectivity index (χ4n) is 3.37. The zero-order valence-electron chi connectivity index (χ0n) is 16.2. The molecule has 1 fully saturated rings. The Kier molecular flexibility index (Phi) is 5.64. The van der Waals surface area contributed by atoms with Crippen LogP contribution in [0.4, 0.5) is 22.2 Å². The molecule has 29 heavy (non-hydrogen) atoms. The number of anilines is 3. The Balaban J connectivity index is 1.40. The second-order valence-corrected chi connectivity index (χ2v) is 6.78. The Labute approximate surface area is 168 Å². The standard InChI is InChI=1S/C20H23N7O2/c1-2-29-20(28)27-11-8-15(9-12-27)23-19-25-17(13-22-26-19)24-16-7-3-5-14-6-4-10-21-18(14)16/h3-7,10,13,15H,2,8-9,11-12H2,1H3,(H2,23,24,25,26). The smallest absolute Gasteiger partial charge is 0.409 e. The number of piperidine rings is 1. The number of hydrogen-bond donors (Lipinski definition) is 2. The number of pyridine rings is 1. The topological polar surface area (TPSA) is 105 Å². The van der Waals surface area contributed by atoms with Crippen molar-refractivity contribution in [3.8, 4) is 0 Å². The molecule has 0 bridgehead atoms. The highest BCUT2D eigenvalue weighted by Crippen LogP contribution is 2.24. The van der Waals surface area contributed by atoms with E-state index >= 15 is 0 Å². The van der Waals surface area contributed by atoms with E-state index in [1.165, 1.54) is 0 Å². The van der Waals surface area contributed by atoms with Crippen LogP contribution in [0.3, 0.4) is 0 Å². The fourth-order valence-corrected chi connectivity index (χ4v) is 3.37. The van der Waals surface area contributed by atoms with E-state index in [1.54, 1.807) is 17.3 Å². The van der Waals surface area contributed by atoms with E-state index in [0.717, 1.165) is 29.4 Å². The van der Waals surface area contributed by atoms with Gasteiger partial charge in [-0.15, -0.1) is 5.10 Å². The molecule has 3 heterocycles. The van der Waals surface area contributed by atoms with Crippen LogP contribution in [0.5, 0.6) is 0 Å². The molecule has 1 amide bonds. The minimum absolute atomic E-state index is 0.178. The van der Waals surface area contributed by atoms with E-state index in [9.17, 15) is 4.79 Å². The first-order chi connectivity index (χ1) is 14.2. The van der Waals surface area contributed by atoms with Crippen LogP contribution in [0.25, 0.3) is 10.9 Å². The Morgan fingerprint density at radius 2 is 2.07 bits per heavy atom. The summed E-state index contributed by atoms with van der Waals surface area (Å²) in [6, 6.07) is 10.0. The predicted molar refractivity (Wildman–Crippen MR) is 110 cm³/mol. The van der Waals surface area contributed by atoms with Gasteiger partial charge in [-0.1, -0.05) is 18.2 Å². The molecule has 4 rings (SSSR count). The average Bonchev–Trinajstić information content (AvgIpc) is 2.75. The number of carbonyl (C=O) groups excluding carboxylic acids is 1. The number of rotatable bonds is 5. The Morgan fingerprint density at radius 1 is 1.24 bits per heavy atom. The van der Waals surface area contributed by atoms with Crippen molar-refractivity contribution in [3.63, 3.8) is 0 Å². The molecule has 1 aliphatic rings. The first kappa shape index (κ1) is 18.9. The summed E-state index contributed by atoms with van der Waals surface area (Å²) in [6.45, 7) is 3.49. The monoisotopic (exact) mass is 393 g/mol. The van der Waals surface area contributed by atoms with Crippen molar-refractivity contribution in [1.29, 1.82) is 0 Å². The first-order valence-corrected chi connectivity index (χ1v) is 9.71. The molecular weight excluding hydrogens is 370 g/mol. The molecule has 0 spiro atoms. The van der Waals surface area contributed by atoms with Crippen LogP contribution in [0, 0.1) is 0 Å². The van der Waals surface area contributed by atoms with E-state index in [4.69, 9.17) is 4.74 Å². The number of aromatic nitrogens is 4. The van der Waals surface area contributed by atoms with Crippen molar-refractivity contribution in [2.24, 2.45) is 0 Å². The largest absolute Gasteiger partial charge is 0.450 e. The van der Waals surface area contributed by atoms with Gasteiger partial charge in [0.25, 0.3) is 0 Å². The number of hydrogen-bond acceptors (Lipinski definition) is 8. The van der Waals surface area contributed by atoms with Gasteiger partial charge in [-0.3, -0.25) is 4.98 Å². The number of para-hydroxylation sites is 1. The van der Waals surface area contributed by atoms with E-state index in [0.29, 0.717) is 31.5 Å². The lowest BCUT2D eigenvalue weighted by Crippen LogP contribution is -2.42. The maximum Gasteiger partial charge on any atom is 0.409 e. The van der Waals surface area contributed by atoms with Crippen LogP contribution < -0.4 is 10.6 Å². The van der Waals surface area contributed by atoms with Gasteiger partial charge in [0.1, 0.15) is 0 Å². The van der Waals surface area contributed by atoms with Crippen LogP contribution in [0.2, 0.25) is 0 Å². The van der Waals surface area contributed by atoms with Gasteiger partial charge in [-0.2, -0.15) is 10.1 Å². The van der Waals surface area contributed by atoms with Crippen LogP contribution in [-0.2, 0) is 4.74 Å². The maximum absolute atomic E-state index is 11.8. The lowest BCUT2D eigenvalue weighted by Gasteiger charge is -2.31. The third kappa shape index (κ3) is 4.50. The summed E-state index contributed by atoms with van der Waals surface area (Å²) in [6.07, 6.45) is 4.69. The molecule has 9 nitrogen and oxygen atoms in total. The van der Waals surface area contributed by atoms with E-state index in [1.807, 2.05) is 37.3 Å². The molecule has 0 radical (unpaired) electrons. The summed E-state index contributed by atoms with van der Waals surface area (Å²) >= 11 is 0. The lowest BCUT2D eigenvalue weighted by atomic mass is 10.1. The molecule has 0 unspecified atom stereocenters. The highest BCUT2D eigenvalue weighted by molar-refractivity contribution is 5.91. The van der Waals surface area contributed by atoms with Crippen molar-refractivity contribution in [2.45, 2.75) is 25.8 Å². The molecule has 2 N–H and O–H groups in total. The van der Waals surface area contributed by atoms with Crippen molar-refractivity contribution < 1.29 is 9.53 Å². The molecule has 150 valence electrons. The molecule has 1 aliphatic heterocycles. The molecule has 2 aromatic heterocycles. The second kappa shape index (κ2) is 8.68. The SMILES string of the molecule is CCOC(=O)N1CCC(Nc2nncc(Nc3cccc4cccnc34)n2)CC1. The Hall–Kier alpha value is -3.49. The van der Waals surface area contributed by atoms with Crippen molar-refractivity contribution in [1.82, 2.24) is 25.1 Å². The predicted octanol–water partition coefficient (Wildman–Crippen LogP) is 3.20. The maximum atomic E-state index is 11.8. The number of ether oxygens (including phenoxy) is 1. The molecule has 9 heteroatoms. The van der Waals surface area contributed by atoms with Gasteiger partial charge in [-0.25, -0.2) is 4.79 Å². The van der Waals surface area contributed by atoms with E-state index in [-0.39, 0.29) is 12.1 Å². The second-order valence-electron chi connectivity index (χ2n) is 6.78. The number of nitrogens with one attached hydrogen (secondary N) is 2. The van der Waals surface area contributed by atoms with Gasteiger partial charge in [0, 0.05) is 30.7 Å². The van der Waals surface area contributed by atoms with Crippen molar-refractivity contribution >= 4 is 34.4 Å². The van der Waals surface area contributed by atoms with Crippen molar-refractivity contribution in [2.75, 3.05) is 30.3 Å². The van der Waals surface area contributed by atoms with E-state index < -0.39 is 0 Å². The molecular formula is C20H23N7O2. The van der Waals surface area contributed by atoms with Gasteiger partial charge in [-0.05, 0) is 31.9 Å². The summed E-state index contributed by atoms with van der Waals surface area (Å²) in [5.41, 5.74) is 1.73. The van der Waals surface area contributed by atoms with Crippen LogP contribution >= 0.6 is 0 Å². The fraction of sp³-hybridized carbons (Fsp3) is 0.350. The quantitative estimate of drug-likeness (QED) is 0.681. The molecule has 0 saturated carbocycles. The molecule has 1 aromatic carbocycles. The Morgan fingerprint density at radius 3 is 2.90 bits per heavy atom. The van der Waals surface area contributed by atoms with Crippen molar-refractivity contribution in [3.05, 3.63) is 42.7 Å². The van der Waals surface area contributed by atoms with Crippen LogP contribution in [0.15, 0.2) is 42.7 Å². The molecule has 1 saturated heterocycles. The normalized spacial score (nSPS) is 14.6. The Bertz CT molecular complexity index is 984. The summed E-state index contributed by atoms with van der Waals surface area (Å²) < 4.78 is 5.06. The summed E-state index contributed by atoms with van der Waals surface area (Å²) in [5, 5.41) is 15.8. The zero-order valence-corrected chi connectivity index (χ0v) is 16.2. The third-order valence-electron chi connectivity index (χ3n) is 4.81. The van der Waals surface area contributed by atoms with E-state index in [2.05, 4.69) is 30.8 Å². The minimum Gasteiger partial charge on any atom is -0.450 e. The number of nitrogens with zero attached hydrogens (tertiary/aromatic N) is 5. The number of amides is 1.